The smallest absolute Gasteiger partial charge is 0.387 e. The Morgan fingerprint density at radius 2 is 0.739 bits per heavy atom. The maximum absolute atomic E-state index is 5.61. The molecule has 0 spiro atoms. The molecule has 3 unspecified atom stereocenters. The quantitative estimate of drug-likeness (QED) is 0.471. The van der Waals surface area contributed by atoms with Gasteiger partial charge in [0.1, 0.15) is 0 Å². The van der Waals surface area contributed by atoms with E-state index in [1.807, 2.05) is 0 Å². The first-order valence-corrected chi connectivity index (χ1v) is 12.1. The van der Waals surface area contributed by atoms with Gasteiger partial charge in [-0.2, -0.15) is 0 Å². The Balaban J connectivity index is 5.84. The van der Waals surface area contributed by atoms with Gasteiger partial charge in [-0.3, -0.25) is 0 Å². The summed E-state index contributed by atoms with van der Waals surface area (Å²) in [4.78, 5) is 0. The molecule has 0 rings (SSSR count). The molecule has 3 atom stereocenters. The minimum Gasteiger partial charge on any atom is -0.397 e. The van der Waals surface area contributed by atoms with Crippen LogP contribution in [0.3, 0.4) is 0 Å². The number of hydrogen-bond acceptors (Lipinski definition) is 6. The van der Waals surface area contributed by atoms with E-state index in [9.17, 15) is 0 Å². The van der Waals surface area contributed by atoms with Crippen molar-refractivity contribution in [3.63, 3.8) is 0 Å². The highest BCUT2D eigenvalue weighted by molar-refractivity contribution is 6.56. The Bertz CT molecular complexity index is 267. The van der Waals surface area contributed by atoms with Crippen LogP contribution in [-0.2, 0) is 26.6 Å². The topological polar surface area (TPSA) is 55.4 Å². The number of rotatable bonds is 12. The third-order valence-electron chi connectivity index (χ3n) is 4.42. The summed E-state index contributed by atoms with van der Waals surface area (Å²) < 4.78 is 33.7. The lowest BCUT2D eigenvalue weighted by Gasteiger charge is -2.47. The second-order valence-corrected chi connectivity index (χ2v) is 13.1. The summed E-state index contributed by atoms with van der Waals surface area (Å²) in [6.45, 7) is 6.41. The molecule has 0 saturated carbocycles. The van der Waals surface area contributed by atoms with Gasteiger partial charge < -0.3 is 26.6 Å². The van der Waals surface area contributed by atoms with Crippen molar-refractivity contribution in [1.29, 1.82) is 0 Å². The third-order valence-corrected chi connectivity index (χ3v) is 12.6. The van der Waals surface area contributed by atoms with E-state index in [0.717, 1.165) is 0 Å². The zero-order valence-corrected chi connectivity index (χ0v) is 19.7. The Morgan fingerprint density at radius 1 is 0.565 bits per heavy atom. The van der Waals surface area contributed by atoms with Crippen molar-refractivity contribution < 1.29 is 26.6 Å². The molecular weight excluding hydrogens is 364 g/mol. The first-order chi connectivity index (χ1) is 10.8. The van der Waals surface area contributed by atoms with Gasteiger partial charge in [0.2, 0.25) is 0 Å². The summed E-state index contributed by atoms with van der Waals surface area (Å²) in [5.41, 5.74) is 0.333. The lowest BCUT2D eigenvalue weighted by molar-refractivity contribution is 0.215. The van der Waals surface area contributed by atoms with E-state index < -0.39 is 27.9 Å². The van der Waals surface area contributed by atoms with Crippen molar-refractivity contribution in [1.82, 2.24) is 0 Å². The predicted molar refractivity (Wildman–Crippen MR) is 96.0 cm³/mol. The molecule has 0 aliphatic carbocycles. The molecule has 0 N–H and O–H groups in total. The molecular formula is C13H30O6Si4. The van der Waals surface area contributed by atoms with Gasteiger partial charge in [0.05, 0.1) is 0 Å². The van der Waals surface area contributed by atoms with Gasteiger partial charge in [0.15, 0.2) is 0 Å². The molecule has 0 aromatic heterocycles. The minimum atomic E-state index is -1.48. The van der Waals surface area contributed by atoms with Crippen molar-refractivity contribution in [2.75, 3.05) is 42.7 Å². The van der Waals surface area contributed by atoms with Crippen LogP contribution in [0.1, 0.15) is 20.8 Å². The lowest BCUT2D eigenvalue weighted by atomic mass is 9.96. The molecule has 0 saturated heterocycles. The monoisotopic (exact) mass is 394 g/mol. The van der Waals surface area contributed by atoms with Crippen molar-refractivity contribution in [3.8, 4) is 0 Å². The first-order valence-electron chi connectivity index (χ1n) is 7.39. The summed E-state index contributed by atoms with van der Waals surface area (Å²) in [6.07, 6.45) is 0. The molecule has 23 heavy (non-hydrogen) atoms. The first kappa shape index (κ1) is 23.6. The second-order valence-electron chi connectivity index (χ2n) is 5.28. The summed E-state index contributed by atoms with van der Waals surface area (Å²) >= 11 is 0. The summed E-state index contributed by atoms with van der Waals surface area (Å²) in [5, 5.41) is -0.360. The molecule has 0 aromatic carbocycles. The normalized spacial score (nSPS) is 19.2. The molecule has 0 fully saturated rings. The second kappa shape index (κ2) is 11.3. The van der Waals surface area contributed by atoms with E-state index in [1.54, 1.807) is 42.7 Å². The predicted octanol–water partition coefficient (Wildman–Crippen LogP) is 1.83. The van der Waals surface area contributed by atoms with Gasteiger partial charge >= 0.3 is 27.9 Å². The van der Waals surface area contributed by atoms with E-state index in [2.05, 4.69) is 31.0 Å². The van der Waals surface area contributed by atoms with Gasteiger partial charge in [-0.25, -0.2) is 0 Å². The van der Waals surface area contributed by atoms with Crippen LogP contribution in [-0.4, -0.2) is 80.8 Å². The van der Waals surface area contributed by atoms with Gasteiger partial charge in [-0.05, 0) is 5.04 Å². The molecule has 0 aliphatic rings. The van der Waals surface area contributed by atoms with E-state index in [-0.39, 0.29) is 21.7 Å². The fraction of sp³-hybridized carbons (Fsp3) is 1.00. The minimum absolute atomic E-state index is 0.111. The Kier molecular flexibility index (Phi) is 11.6. The van der Waals surface area contributed by atoms with Crippen LogP contribution >= 0.6 is 0 Å². The number of hydrogen-bond donors (Lipinski definition) is 0. The van der Waals surface area contributed by atoms with E-state index in [4.69, 9.17) is 26.6 Å². The largest absolute Gasteiger partial charge is 0.397 e. The molecule has 10 heteroatoms. The van der Waals surface area contributed by atoms with Crippen molar-refractivity contribution in [2.45, 2.75) is 42.4 Å². The molecule has 6 radical (unpaired) electrons. The Hall–Kier alpha value is 0.628. The zero-order valence-electron chi connectivity index (χ0n) is 15.7. The van der Waals surface area contributed by atoms with Crippen LogP contribution in [0.4, 0.5) is 0 Å². The fourth-order valence-corrected chi connectivity index (χ4v) is 9.87. The lowest BCUT2D eigenvalue weighted by Crippen LogP contribution is -2.47. The van der Waals surface area contributed by atoms with Crippen LogP contribution in [0.5, 0.6) is 0 Å². The highest BCUT2D eigenvalue weighted by atomic mass is 28.3. The summed E-state index contributed by atoms with van der Waals surface area (Å²) in [6, 6.07) is 0. The van der Waals surface area contributed by atoms with Crippen molar-refractivity contribution in [3.05, 3.63) is 0 Å². The molecule has 0 bridgehead atoms. The standard InChI is InChI=1S/C13H30O6Si4/c1-10(21(14-4)15-5)13(20,11(2)22(16-6)17-7)12(3)23(18-8)19-9/h10-12H,1-9H3. The summed E-state index contributed by atoms with van der Waals surface area (Å²) in [7, 11) is 9.77. The molecule has 6 nitrogen and oxygen atoms in total. The van der Waals surface area contributed by atoms with E-state index in [0.29, 0.717) is 0 Å². The highest BCUT2D eigenvalue weighted by Gasteiger charge is 2.54. The van der Waals surface area contributed by atoms with Gasteiger partial charge in [0, 0.05) is 69.5 Å². The van der Waals surface area contributed by atoms with Crippen molar-refractivity contribution in [2.24, 2.45) is 0 Å². The van der Waals surface area contributed by atoms with Crippen molar-refractivity contribution >= 4 is 38.1 Å². The van der Waals surface area contributed by atoms with Crippen LogP contribution in [0.25, 0.3) is 0 Å². The average Bonchev–Trinajstić information content (AvgIpc) is 2.56. The molecule has 134 valence electrons. The molecule has 0 aromatic rings. The van der Waals surface area contributed by atoms with E-state index in [1.165, 1.54) is 0 Å². The van der Waals surface area contributed by atoms with Crippen LogP contribution < -0.4 is 0 Å². The molecule has 0 amide bonds. The SMILES string of the molecule is CO[Si](OC)C(C)C([Si])(C(C)[Si](OC)OC)C(C)[Si](OC)OC. The maximum atomic E-state index is 5.61. The van der Waals surface area contributed by atoms with Crippen LogP contribution in [0.2, 0.25) is 21.7 Å². The Morgan fingerprint density at radius 3 is 0.870 bits per heavy atom. The molecule has 0 aliphatic heterocycles. The zero-order chi connectivity index (χ0) is 18.2. The maximum Gasteiger partial charge on any atom is 0.387 e. The summed E-state index contributed by atoms with van der Waals surface area (Å²) in [5.74, 6) is 0. The molecule has 0 heterocycles. The average molecular weight is 395 g/mol. The van der Waals surface area contributed by atoms with Crippen LogP contribution in [0, 0.1) is 0 Å². The fourth-order valence-electron chi connectivity index (χ4n) is 3.02. The Labute approximate surface area is 150 Å². The van der Waals surface area contributed by atoms with Crippen LogP contribution in [0.15, 0.2) is 0 Å². The van der Waals surface area contributed by atoms with Gasteiger partial charge in [0.25, 0.3) is 0 Å². The van der Waals surface area contributed by atoms with E-state index >= 15 is 0 Å². The third kappa shape index (κ3) is 5.30. The van der Waals surface area contributed by atoms with Gasteiger partial charge in [-0.15, -0.1) is 0 Å². The highest BCUT2D eigenvalue weighted by Crippen LogP contribution is 2.59. The van der Waals surface area contributed by atoms with Gasteiger partial charge in [-0.1, -0.05) is 20.8 Å².